The van der Waals surface area contributed by atoms with Crippen molar-refractivity contribution in [3.63, 3.8) is 0 Å². The minimum Gasteiger partial charge on any atom is -0.456 e. The minimum absolute atomic E-state index is 0.172. The average molecular weight is 656 g/mol. The topological polar surface area (TPSA) is 49.6 Å². The van der Waals surface area contributed by atoms with Crippen molar-refractivity contribution in [2.45, 2.75) is 12.3 Å². The van der Waals surface area contributed by atoms with Gasteiger partial charge in [-0.1, -0.05) is 146 Å². The third kappa shape index (κ3) is 5.25. The monoisotopic (exact) mass is 655 g/mol. The maximum absolute atomic E-state index is 6.57. The first-order valence-electron chi connectivity index (χ1n) is 17.4. The second-order valence-corrected chi connectivity index (χ2v) is 13.2. The minimum atomic E-state index is -0.291. The van der Waals surface area contributed by atoms with Crippen LogP contribution in [0.4, 0.5) is 0 Å². The number of aliphatic imine (C=N–C) groups is 1. The second kappa shape index (κ2) is 12.1. The summed E-state index contributed by atoms with van der Waals surface area (Å²) in [5.74, 6) is 0.823. The molecule has 0 bridgehead atoms. The van der Waals surface area contributed by atoms with Gasteiger partial charge in [0.2, 0.25) is 0 Å². The largest absolute Gasteiger partial charge is 0.456 e. The van der Waals surface area contributed by atoms with Gasteiger partial charge in [0.1, 0.15) is 29.3 Å². The van der Waals surface area contributed by atoms with Gasteiger partial charge in [-0.25, -0.2) is 4.99 Å². The van der Waals surface area contributed by atoms with E-state index < -0.39 is 0 Å². The molecule has 2 heterocycles. The van der Waals surface area contributed by atoms with Crippen LogP contribution in [-0.2, 0) is 0 Å². The number of benzene rings is 8. The Kier molecular flexibility index (Phi) is 7.00. The van der Waals surface area contributed by atoms with Gasteiger partial charge in [0.15, 0.2) is 0 Å². The van der Waals surface area contributed by atoms with Crippen LogP contribution >= 0.6 is 0 Å². The summed E-state index contributed by atoms with van der Waals surface area (Å²) in [7, 11) is 0. The maximum Gasteiger partial charge on any atom is 0.136 e. The standard InChI is InChI=1S/C47H33N3O/c1-3-12-30(13-4-1)33-17-11-18-34(26-33)37-28-41(44-40-20-9-10-21-42(40)51-43(44)29-37)47-49-45(32-15-5-2-6-16-32)48-46(50-47)36-24-25-39-35(27-36)23-22-31-14-7-8-19-38(31)39/h1-29,45-46,48H,(H,49,50). The number of amidine groups is 1. The number of nitrogens with one attached hydrogen (secondary N) is 2. The zero-order valence-corrected chi connectivity index (χ0v) is 27.8. The van der Waals surface area contributed by atoms with Gasteiger partial charge < -0.3 is 9.73 Å². The molecule has 0 saturated heterocycles. The molecule has 0 spiro atoms. The van der Waals surface area contributed by atoms with Crippen LogP contribution in [0.2, 0.25) is 0 Å². The van der Waals surface area contributed by atoms with E-state index in [1.54, 1.807) is 0 Å². The van der Waals surface area contributed by atoms with Crippen LogP contribution < -0.4 is 10.6 Å². The first-order valence-corrected chi connectivity index (χ1v) is 17.4. The molecule has 2 atom stereocenters. The fraction of sp³-hybridized carbons (Fsp3) is 0.0426. The smallest absolute Gasteiger partial charge is 0.136 e. The van der Waals surface area contributed by atoms with Crippen LogP contribution in [0.15, 0.2) is 185 Å². The maximum atomic E-state index is 6.57. The third-order valence-electron chi connectivity index (χ3n) is 10.1. The van der Waals surface area contributed by atoms with Gasteiger partial charge in [-0.15, -0.1) is 0 Å². The van der Waals surface area contributed by atoms with Gasteiger partial charge in [-0.2, -0.15) is 0 Å². The van der Waals surface area contributed by atoms with Crippen LogP contribution in [0.3, 0.4) is 0 Å². The highest BCUT2D eigenvalue weighted by molar-refractivity contribution is 6.19. The van der Waals surface area contributed by atoms with Gasteiger partial charge in [0, 0.05) is 16.3 Å². The Morgan fingerprint density at radius 1 is 0.451 bits per heavy atom. The molecule has 2 unspecified atom stereocenters. The quantitative estimate of drug-likeness (QED) is 0.181. The molecule has 8 aromatic carbocycles. The number of nitrogens with zero attached hydrogens (tertiary/aromatic N) is 1. The molecule has 2 N–H and O–H groups in total. The number of furan rings is 1. The molecular formula is C47H33N3O. The van der Waals surface area contributed by atoms with Crippen LogP contribution in [-0.4, -0.2) is 5.84 Å². The molecule has 0 aliphatic carbocycles. The number of hydrogen-bond donors (Lipinski definition) is 2. The van der Waals surface area contributed by atoms with Crippen molar-refractivity contribution >= 4 is 49.3 Å². The Labute approximate surface area is 295 Å². The number of para-hydroxylation sites is 1. The Hall–Kier alpha value is -6.49. The summed E-state index contributed by atoms with van der Waals surface area (Å²) < 4.78 is 6.57. The molecule has 0 radical (unpaired) electrons. The highest BCUT2D eigenvalue weighted by Gasteiger charge is 2.28. The lowest BCUT2D eigenvalue weighted by atomic mass is 9.95. The summed E-state index contributed by atoms with van der Waals surface area (Å²) >= 11 is 0. The summed E-state index contributed by atoms with van der Waals surface area (Å²) in [5, 5.41) is 14.7. The Bertz CT molecular complexity index is 2770. The third-order valence-corrected chi connectivity index (χ3v) is 10.1. The predicted octanol–water partition coefficient (Wildman–Crippen LogP) is 11.6. The van der Waals surface area contributed by atoms with Gasteiger partial charge in [0.05, 0.1) is 0 Å². The molecule has 4 nitrogen and oxygen atoms in total. The molecule has 4 heteroatoms. The predicted molar refractivity (Wildman–Crippen MR) is 211 cm³/mol. The van der Waals surface area contributed by atoms with E-state index in [2.05, 4.69) is 174 Å². The summed E-state index contributed by atoms with van der Waals surface area (Å²) in [6.07, 6.45) is -0.463. The number of hydrogen-bond acceptors (Lipinski definition) is 4. The van der Waals surface area contributed by atoms with Crippen LogP contribution in [0.1, 0.15) is 29.0 Å². The van der Waals surface area contributed by atoms with Crippen molar-refractivity contribution in [2.24, 2.45) is 4.99 Å². The Morgan fingerprint density at radius 3 is 2.00 bits per heavy atom. The molecule has 10 rings (SSSR count). The molecule has 9 aromatic rings. The molecule has 242 valence electrons. The zero-order chi connectivity index (χ0) is 33.7. The van der Waals surface area contributed by atoms with Crippen LogP contribution in [0.25, 0.3) is 65.7 Å². The number of rotatable bonds is 5. The fourth-order valence-corrected chi connectivity index (χ4v) is 7.60. The molecule has 0 saturated carbocycles. The molecule has 0 fully saturated rings. The van der Waals surface area contributed by atoms with Crippen molar-refractivity contribution < 1.29 is 4.42 Å². The first-order chi connectivity index (χ1) is 25.2. The van der Waals surface area contributed by atoms with Crippen molar-refractivity contribution in [3.05, 3.63) is 193 Å². The SMILES string of the molecule is c1ccc(-c2cccc(-c3cc(C4=NC(c5ccc6c(ccc7ccccc76)c5)NC(c5ccccc5)N4)c4c(c3)oc3ccccc34)c2)cc1. The molecular weight excluding hydrogens is 623 g/mol. The highest BCUT2D eigenvalue weighted by Crippen LogP contribution is 2.38. The van der Waals surface area contributed by atoms with Crippen molar-refractivity contribution in [3.8, 4) is 22.3 Å². The Balaban J connectivity index is 1.16. The summed E-state index contributed by atoms with van der Waals surface area (Å²) in [5.41, 5.74) is 9.50. The summed E-state index contributed by atoms with van der Waals surface area (Å²) in [4.78, 5) is 5.46. The molecule has 51 heavy (non-hydrogen) atoms. The average Bonchev–Trinajstić information content (AvgIpc) is 3.59. The van der Waals surface area contributed by atoms with Gasteiger partial charge in [-0.05, 0) is 85.3 Å². The molecule has 1 aromatic heterocycles. The van der Waals surface area contributed by atoms with Crippen molar-refractivity contribution in [2.75, 3.05) is 0 Å². The van der Waals surface area contributed by atoms with E-state index in [1.807, 2.05) is 12.1 Å². The second-order valence-electron chi connectivity index (χ2n) is 13.2. The van der Waals surface area contributed by atoms with Gasteiger partial charge >= 0.3 is 0 Å². The zero-order valence-electron chi connectivity index (χ0n) is 27.8. The van der Waals surface area contributed by atoms with E-state index in [4.69, 9.17) is 9.41 Å². The lowest BCUT2D eigenvalue weighted by Gasteiger charge is -2.32. The lowest BCUT2D eigenvalue weighted by molar-refractivity contribution is 0.409. The van der Waals surface area contributed by atoms with E-state index in [9.17, 15) is 0 Å². The lowest BCUT2D eigenvalue weighted by Crippen LogP contribution is -2.45. The van der Waals surface area contributed by atoms with Crippen LogP contribution in [0, 0.1) is 0 Å². The number of fused-ring (bicyclic) bond motifs is 6. The summed E-state index contributed by atoms with van der Waals surface area (Å²) in [6.45, 7) is 0. The van der Waals surface area contributed by atoms with Crippen molar-refractivity contribution in [1.29, 1.82) is 0 Å². The van der Waals surface area contributed by atoms with E-state index in [-0.39, 0.29) is 12.3 Å². The highest BCUT2D eigenvalue weighted by atomic mass is 16.3. The van der Waals surface area contributed by atoms with Crippen LogP contribution in [0.5, 0.6) is 0 Å². The van der Waals surface area contributed by atoms with Crippen molar-refractivity contribution in [1.82, 2.24) is 10.6 Å². The van der Waals surface area contributed by atoms with E-state index in [0.717, 1.165) is 55.6 Å². The fourth-order valence-electron chi connectivity index (χ4n) is 7.60. The van der Waals surface area contributed by atoms with E-state index >= 15 is 0 Å². The molecule has 1 aliphatic rings. The summed E-state index contributed by atoms with van der Waals surface area (Å²) in [6, 6.07) is 62.3. The molecule has 1 aliphatic heterocycles. The van der Waals surface area contributed by atoms with E-state index in [0.29, 0.717) is 0 Å². The van der Waals surface area contributed by atoms with Gasteiger partial charge in [-0.3, -0.25) is 5.32 Å². The first kappa shape index (κ1) is 29.4. The normalized spacial score (nSPS) is 16.0. The Morgan fingerprint density at radius 2 is 1.14 bits per heavy atom. The van der Waals surface area contributed by atoms with E-state index in [1.165, 1.54) is 32.7 Å². The van der Waals surface area contributed by atoms with Gasteiger partial charge in [0.25, 0.3) is 0 Å². The molecule has 0 amide bonds.